The molecule has 0 spiro atoms. The number of pyridine rings is 1. The van der Waals surface area contributed by atoms with Crippen LogP contribution in [0.2, 0.25) is 0 Å². The van der Waals surface area contributed by atoms with Crippen molar-refractivity contribution in [3.63, 3.8) is 0 Å². The van der Waals surface area contributed by atoms with Crippen LogP contribution in [0.3, 0.4) is 0 Å². The van der Waals surface area contributed by atoms with Crippen LogP contribution in [0.25, 0.3) is 10.9 Å². The van der Waals surface area contributed by atoms with Gasteiger partial charge in [0.2, 0.25) is 0 Å². The van der Waals surface area contributed by atoms with E-state index in [1.165, 1.54) is 0 Å². The Bertz CT molecular complexity index is 611. The molecule has 3 nitrogen and oxygen atoms in total. The lowest BCUT2D eigenvalue weighted by atomic mass is 10.1. The molecule has 0 amide bonds. The maximum atomic E-state index is 11.9. The molecule has 0 N–H and O–H groups in total. The van der Waals surface area contributed by atoms with Crippen molar-refractivity contribution in [3.8, 4) is 0 Å². The fraction of sp³-hybridized carbons (Fsp3) is 0.286. The second-order valence-corrected chi connectivity index (χ2v) is 4.25. The lowest BCUT2D eigenvalue weighted by Crippen LogP contribution is -2.18. The molecule has 0 saturated carbocycles. The summed E-state index contributed by atoms with van der Waals surface area (Å²) in [4.78, 5) is 15.9. The number of carbonyl (C=O) groups is 1. The van der Waals surface area contributed by atoms with Crippen LogP contribution in [0, 0.1) is 0 Å². The molecule has 1 aromatic heterocycles. The van der Waals surface area contributed by atoms with Crippen LogP contribution in [-0.4, -0.2) is 30.2 Å². The van der Waals surface area contributed by atoms with Crippen molar-refractivity contribution >= 4 is 16.7 Å². The third-order valence-corrected chi connectivity index (χ3v) is 2.67. The number of benzene rings is 1. The summed E-state index contributed by atoms with van der Waals surface area (Å²) in [5.74, 6) is -0.264. The Balaban J connectivity index is 1.94. The Morgan fingerprint density at radius 2 is 2.05 bits per heavy atom. The standard InChI is InChI=1S/C14H12F3NO2/c15-14(16,17)9-20-7-5-13(19)11-4-3-10-2-1-6-18-12(10)8-11/h1-4,6,8H,5,7,9H2. The van der Waals surface area contributed by atoms with Gasteiger partial charge in [-0.25, -0.2) is 0 Å². The first-order valence-electron chi connectivity index (χ1n) is 5.98. The fourth-order valence-electron chi connectivity index (χ4n) is 1.74. The summed E-state index contributed by atoms with van der Waals surface area (Å²) in [6.07, 6.45) is -2.84. The van der Waals surface area contributed by atoms with Gasteiger partial charge < -0.3 is 4.74 Å². The van der Waals surface area contributed by atoms with Gasteiger partial charge in [0.25, 0.3) is 0 Å². The van der Waals surface area contributed by atoms with Crippen molar-refractivity contribution in [1.82, 2.24) is 4.98 Å². The number of hydrogen-bond acceptors (Lipinski definition) is 3. The first-order chi connectivity index (χ1) is 9.46. The number of carbonyl (C=O) groups excluding carboxylic acids is 1. The summed E-state index contributed by atoms with van der Waals surface area (Å²) in [5, 5.41) is 0.900. The molecule has 0 saturated heterocycles. The lowest BCUT2D eigenvalue weighted by Gasteiger charge is -2.07. The Morgan fingerprint density at radius 3 is 2.80 bits per heavy atom. The molecule has 2 aromatic rings. The maximum Gasteiger partial charge on any atom is 0.411 e. The zero-order chi connectivity index (χ0) is 14.6. The predicted molar refractivity (Wildman–Crippen MR) is 67.6 cm³/mol. The monoisotopic (exact) mass is 283 g/mol. The van der Waals surface area contributed by atoms with Crippen molar-refractivity contribution in [2.45, 2.75) is 12.6 Å². The van der Waals surface area contributed by atoms with Crippen molar-refractivity contribution in [2.75, 3.05) is 13.2 Å². The van der Waals surface area contributed by atoms with Crippen LogP contribution in [-0.2, 0) is 4.74 Å². The molecule has 0 aliphatic heterocycles. The van der Waals surface area contributed by atoms with Crippen LogP contribution in [0.4, 0.5) is 13.2 Å². The molecule has 0 atom stereocenters. The first-order valence-corrected chi connectivity index (χ1v) is 5.98. The van der Waals surface area contributed by atoms with Crippen LogP contribution < -0.4 is 0 Å². The van der Waals surface area contributed by atoms with Crippen LogP contribution in [0.15, 0.2) is 36.5 Å². The van der Waals surface area contributed by atoms with E-state index in [-0.39, 0.29) is 18.8 Å². The van der Waals surface area contributed by atoms with Crippen molar-refractivity contribution in [2.24, 2.45) is 0 Å². The number of ether oxygens (including phenoxy) is 1. The molecule has 0 aliphatic rings. The topological polar surface area (TPSA) is 39.2 Å². The van der Waals surface area contributed by atoms with Gasteiger partial charge >= 0.3 is 6.18 Å². The second-order valence-electron chi connectivity index (χ2n) is 4.25. The molecular formula is C14H12F3NO2. The summed E-state index contributed by atoms with van der Waals surface area (Å²) in [5.41, 5.74) is 1.10. The summed E-state index contributed by atoms with van der Waals surface area (Å²) < 4.78 is 40.0. The van der Waals surface area contributed by atoms with E-state index in [0.717, 1.165) is 5.39 Å². The zero-order valence-corrected chi connectivity index (χ0v) is 10.5. The maximum absolute atomic E-state index is 11.9. The summed E-state index contributed by atoms with van der Waals surface area (Å²) in [6, 6.07) is 8.67. The van der Waals surface area contributed by atoms with E-state index in [1.54, 1.807) is 30.5 Å². The number of alkyl halides is 3. The minimum absolute atomic E-state index is 0.0889. The van der Waals surface area contributed by atoms with Crippen molar-refractivity contribution in [3.05, 3.63) is 42.1 Å². The number of rotatable bonds is 5. The molecule has 0 aliphatic carbocycles. The Hall–Kier alpha value is -1.95. The van der Waals surface area contributed by atoms with Gasteiger partial charge in [-0.3, -0.25) is 9.78 Å². The highest BCUT2D eigenvalue weighted by molar-refractivity contribution is 5.99. The molecule has 2 rings (SSSR count). The predicted octanol–water partition coefficient (Wildman–Crippen LogP) is 3.39. The number of hydrogen-bond donors (Lipinski definition) is 0. The van der Waals surface area contributed by atoms with Crippen molar-refractivity contribution in [1.29, 1.82) is 0 Å². The van der Waals surface area contributed by atoms with Gasteiger partial charge in [0.1, 0.15) is 6.61 Å². The minimum Gasteiger partial charge on any atom is -0.372 e. The van der Waals surface area contributed by atoms with Crippen LogP contribution in [0.5, 0.6) is 0 Å². The molecule has 20 heavy (non-hydrogen) atoms. The fourth-order valence-corrected chi connectivity index (χ4v) is 1.74. The normalized spacial score (nSPS) is 11.8. The van der Waals surface area contributed by atoms with Gasteiger partial charge in [-0.15, -0.1) is 0 Å². The van der Waals surface area contributed by atoms with E-state index < -0.39 is 12.8 Å². The zero-order valence-electron chi connectivity index (χ0n) is 10.5. The smallest absolute Gasteiger partial charge is 0.372 e. The molecule has 0 fully saturated rings. The van der Waals surface area contributed by atoms with Gasteiger partial charge in [-0.05, 0) is 12.1 Å². The third-order valence-electron chi connectivity index (χ3n) is 2.67. The number of Topliss-reactive ketones (excluding diaryl/α,β-unsaturated/α-hetero) is 1. The largest absolute Gasteiger partial charge is 0.411 e. The molecular weight excluding hydrogens is 271 g/mol. The number of ketones is 1. The number of fused-ring (bicyclic) bond motifs is 1. The molecule has 6 heteroatoms. The third kappa shape index (κ3) is 4.03. The van der Waals surface area contributed by atoms with E-state index >= 15 is 0 Å². The Labute approximate surface area is 113 Å². The van der Waals surface area contributed by atoms with Gasteiger partial charge in [-0.2, -0.15) is 13.2 Å². The van der Waals surface area contributed by atoms with Gasteiger partial charge in [-0.1, -0.05) is 18.2 Å². The first kappa shape index (κ1) is 14.5. The van der Waals surface area contributed by atoms with Crippen LogP contribution >= 0.6 is 0 Å². The van der Waals surface area contributed by atoms with E-state index in [0.29, 0.717) is 11.1 Å². The van der Waals surface area contributed by atoms with E-state index in [9.17, 15) is 18.0 Å². The molecule has 0 unspecified atom stereocenters. The van der Waals surface area contributed by atoms with Crippen molar-refractivity contribution < 1.29 is 22.7 Å². The SMILES string of the molecule is O=C(CCOCC(F)(F)F)c1ccc2cccnc2c1. The highest BCUT2D eigenvalue weighted by atomic mass is 19.4. The highest BCUT2D eigenvalue weighted by Gasteiger charge is 2.27. The van der Waals surface area contributed by atoms with E-state index in [2.05, 4.69) is 9.72 Å². The second kappa shape index (κ2) is 6.00. The number of halogens is 3. The Morgan fingerprint density at radius 1 is 1.25 bits per heavy atom. The van der Waals surface area contributed by atoms with E-state index in [1.807, 2.05) is 6.07 Å². The molecule has 0 bridgehead atoms. The Kier molecular flexibility index (Phi) is 4.34. The minimum atomic E-state index is -4.37. The van der Waals surface area contributed by atoms with Gasteiger partial charge in [0, 0.05) is 23.6 Å². The summed E-state index contributed by atoms with van der Waals surface area (Å²) >= 11 is 0. The molecule has 1 heterocycles. The number of aromatic nitrogens is 1. The number of nitrogens with zero attached hydrogens (tertiary/aromatic N) is 1. The average Bonchev–Trinajstić information content (AvgIpc) is 2.42. The van der Waals surface area contributed by atoms with Crippen LogP contribution in [0.1, 0.15) is 16.8 Å². The lowest BCUT2D eigenvalue weighted by molar-refractivity contribution is -0.173. The van der Waals surface area contributed by atoms with Gasteiger partial charge in [0.05, 0.1) is 12.1 Å². The molecule has 1 aromatic carbocycles. The quantitative estimate of drug-likeness (QED) is 0.623. The van der Waals surface area contributed by atoms with Gasteiger partial charge in [0.15, 0.2) is 5.78 Å². The highest BCUT2D eigenvalue weighted by Crippen LogP contribution is 2.16. The average molecular weight is 283 g/mol. The molecule has 0 radical (unpaired) electrons. The molecule has 106 valence electrons. The summed E-state index contributed by atoms with van der Waals surface area (Å²) in [7, 11) is 0. The van der Waals surface area contributed by atoms with E-state index in [4.69, 9.17) is 0 Å². The summed E-state index contributed by atoms with van der Waals surface area (Å²) in [6.45, 7) is -1.59.